The van der Waals surface area contributed by atoms with E-state index in [0.717, 1.165) is 25.7 Å². The van der Waals surface area contributed by atoms with E-state index >= 15 is 0 Å². The minimum absolute atomic E-state index is 0.0450. The third-order valence-electron chi connectivity index (χ3n) is 3.82. The number of hydrogen-bond acceptors (Lipinski definition) is 2. The van der Waals surface area contributed by atoms with E-state index in [1.54, 1.807) is 12.3 Å². The minimum atomic E-state index is -0.891. The molecule has 0 bridgehead atoms. The molecule has 110 valence electrons. The molecule has 0 heterocycles. The summed E-state index contributed by atoms with van der Waals surface area (Å²) in [6, 6.07) is 3.13. The van der Waals surface area contributed by atoms with Gasteiger partial charge in [-0.25, -0.2) is 4.39 Å². The topological polar surface area (TPSA) is 18.5 Å². The summed E-state index contributed by atoms with van der Waals surface area (Å²) in [7, 11) is 1.33. The van der Waals surface area contributed by atoms with E-state index in [1.165, 1.54) is 13.2 Å². The van der Waals surface area contributed by atoms with Crippen LogP contribution in [0.5, 0.6) is 5.75 Å². The van der Waals surface area contributed by atoms with Crippen LogP contribution in [0.4, 0.5) is 8.78 Å². The summed E-state index contributed by atoms with van der Waals surface area (Å²) in [6.45, 7) is 1.90. The Bertz CT molecular complexity index is 478. The fourth-order valence-electron chi connectivity index (χ4n) is 2.72. The Morgan fingerprint density at radius 1 is 1.10 bits per heavy atom. The molecule has 0 radical (unpaired) electrons. The number of hydrogen-bond donors (Lipinski definition) is 0. The van der Waals surface area contributed by atoms with Crippen molar-refractivity contribution in [2.24, 2.45) is 0 Å². The van der Waals surface area contributed by atoms with Crippen LogP contribution in [0.15, 0.2) is 24.5 Å². The molecule has 0 aliphatic heterocycles. The van der Waals surface area contributed by atoms with Gasteiger partial charge in [0.25, 0.3) is 0 Å². The molecular weight excluding hydrogens is 262 g/mol. The molecule has 0 aromatic heterocycles. The predicted octanol–water partition coefficient (Wildman–Crippen LogP) is 4.55. The highest BCUT2D eigenvalue weighted by atomic mass is 19.2. The van der Waals surface area contributed by atoms with Gasteiger partial charge in [0.15, 0.2) is 11.6 Å². The second kappa shape index (κ2) is 6.73. The molecule has 0 unspecified atom stereocenters. The Balaban J connectivity index is 2.05. The van der Waals surface area contributed by atoms with Crippen LogP contribution in [-0.2, 0) is 4.74 Å². The van der Waals surface area contributed by atoms with Crippen molar-refractivity contribution < 1.29 is 18.3 Å². The second-order valence-electron chi connectivity index (χ2n) is 5.06. The van der Waals surface area contributed by atoms with Gasteiger partial charge in [0, 0.05) is 0 Å². The highest BCUT2D eigenvalue weighted by Crippen LogP contribution is 2.37. The van der Waals surface area contributed by atoms with Crippen LogP contribution >= 0.6 is 0 Å². The van der Waals surface area contributed by atoms with E-state index in [2.05, 4.69) is 0 Å². The molecule has 1 aromatic rings. The fourth-order valence-corrected chi connectivity index (χ4v) is 2.72. The SMILES string of the molecule is CC=COC1CCC(c2ccc(OC)c(F)c2F)CC1. The molecule has 0 amide bonds. The molecule has 0 saturated heterocycles. The van der Waals surface area contributed by atoms with E-state index in [1.807, 2.05) is 13.0 Å². The lowest BCUT2D eigenvalue weighted by Crippen LogP contribution is -2.20. The maximum Gasteiger partial charge on any atom is 0.200 e. The van der Waals surface area contributed by atoms with E-state index in [0.29, 0.717) is 5.56 Å². The average Bonchev–Trinajstić information content (AvgIpc) is 2.48. The smallest absolute Gasteiger partial charge is 0.200 e. The first kappa shape index (κ1) is 14.8. The molecule has 1 saturated carbocycles. The van der Waals surface area contributed by atoms with Crippen molar-refractivity contribution in [1.82, 2.24) is 0 Å². The lowest BCUT2D eigenvalue weighted by atomic mass is 9.82. The van der Waals surface area contributed by atoms with Gasteiger partial charge in [0.1, 0.15) is 0 Å². The summed E-state index contributed by atoms with van der Waals surface area (Å²) >= 11 is 0. The second-order valence-corrected chi connectivity index (χ2v) is 5.06. The van der Waals surface area contributed by atoms with Gasteiger partial charge in [0.2, 0.25) is 5.82 Å². The first-order valence-electron chi connectivity index (χ1n) is 6.95. The molecule has 20 heavy (non-hydrogen) atoms. The minimum Gasteiger partial charge on any atom is -0.498 e. The van der Waals surface area contributed by atoms with Crippen molar-refractivity contribution in [2.75, 3.05) is 7.11 Å². The zero-order chi connectivity index (χ0) is 14.5. The van der Waals surface area contributed by atoms with Gasteiger partial charge in [-0.15, -0.1) is 0 Å². The van der Waals surface area contributed by atoms with Crippen molar-refractivity contribution in [2.45, 2.75) is 44.6 Å². The molecule has 2 rings (SSSR count). The summed E-state index contributed by atoms with van der Waals surface area (Å²) in [5, 5.41) is 0. The van der Waals surface area contributed by atoms with Gasteiger partial charge in [-0.2, -0.15) is 4.39 Å². The van der Waals surface area contributed by atoms with Crippen molar-refractivity contribution in [3.63, 3.8) is 0 Å². The number of halogens is 2. The van der Waals surface area contributed by atoms with E-state index in [-0.39, 0.29) is 17.8 Å². The molecule has 0 atom stereocenters. The summed E-state index contributed by atoms with van der Waals surface area (Å²) in [5.74, 6) is -1.66. The number of methoxy groups -OCH3 is 1. The third kappa shape index (κ3) is 3.11. The Labute approximate surface area is 118 Å². The van der Waals surface area contributed by atoms with Crippen molar-refractivity contribution in [1.29, 1.82) is 0 Å². The van der Waals surface area contributed by atoms with Crippen molar-refractivity contribution in [3.05, 3.63) is 41.7 Å². The third-order valence-corrected chi connectivity index (χ3v) is 3.82. The van der Waals surface area contributed by atoms with Crippen LogP contribution in [0.3, 0.4) is 0 Å². The first-order chi connectivity index (χ1) is 9.67. The van der Waals surface area contributed by atoms with Gasteiger partial charge in [-0.05, 0) is 50.2 Å². The van der Waals surface area contributed by atoms with Crippen LogP contribution in [0.1, 0.15) is 44.1 Å². The number of rotatable bonds is 4. The molecule has 1 aliphatic rings. The Hall–Kier alpha value is -1.58. The summed E-state index contributed by atoms with van der Waals surface area (Å²) < 4.78 is 38.1. The Morgan fingerprint density at radius 3 is 2.40 bits per heavy atom. The maximum absolute atomic E-state index is 14.0. The van der Waals surface area contributed by atoms with Gasteiger partial charge in [-0.1, -0.05) is 12.1 Å². The van der Waals surface area contributed by atoms with Gasteiger partial charge in [0.05, 0.1) is 19.5 Å². The predicted molar refractivity (Wildman–Crippen MR) is 73.8 cm³/mol. The zero-order valence-corrected chi connectivity index (χ0v) is 11.9. The molecular formula is C16H20F2O2. The molecule has 1 aliphatic carbocycles. The Morgan fingerprint density at radius 2 is 1.80 bits per heavy atom. The first-order valence-corrected chi connectivity index (χ1v) is 6.95. The maximum atomic E-state index is 14.0. The monoisotopic (exact) mass is 282 g/mol. The molecule has 4 heteroatoms. The summed E-state index contributed by atoms with van der Waals surface area (Å²) in [5.41, 5.74) is 0.452. The molecule has 2 nitrogen and oxygen atoms in total. The van der Waals surface area contributed by atoms with Gasteiger partial charge in [-0.3, -0.25) is 0 Å². The fraction of sp³-hybridized carbons (Fsp3) is 0.500. The number of ether oxygens (including phenoxy) is 2. The van der Waals surface area contributed by atoms with Crippen LogP contribution in [0, 0.1) is 11.6 Å². The summed E-state index contributed by atoms with van der Waals surface area (Å²) in [4.78, 5) is 0. The largest absolute Gasteiger partial charge is 0.498 e. The van der Waals surface area contributed by atoms with E-state index in [9.17, 15) is 8.78 Å². The zero-order valence-electron chi connectivity index (χ0n) is 11.9. The highest BCUT2D eigenvalue weighted by Gasteiger charge is 2.26. The van der Waals surface area contributed by atoms with E-state index < -0.39 is 11.6 Å². The van der Waals surface area contributed by atoms with Crippen molar-refractivity contribution >= 4 is 0 Å². The average molecular weight is 282 g/mol. The molecule has 1 fully saturated rings. The Kier molecular flexibility index (Phi) is 4.99. The highest BCUT2D eigenvalue weighted by molar-refractivity contribution is 5.33. The lowest BCUT2D eigenvalue weighted by Gasteiger charge is -2.28. The number of benzene rings is 1. The summed E-state index contributed by atoms with van der Waals surface area (Å²) in [6.07, 6.45) is 7.08. The van der Waals surface area contributed by atoms with Crippen LogP contribution in [0.25, 0.3) is 0 Å². The quantitative estimate of drug-likeness (QED) is 0.754. The van der Waals surface area contributed by atoms with Gasteiger partial charge < -0.3 is 9.47 Å². The van der Waals surface area contributed by atoms with Crippen LogP contribution < -0.4 is 4.74 Å². The van der Waals surface area contributed by atoms with Crippen LogP contribution in [0.2, 0.25) is 0 Å². The normalized spacial score (nSPS) is 23.0. The van der Waals surface area contributed by atoms with Crippen LogP contribution in [-0.4, -0.2) is 13.2 Å². The van der Waals surface area contributed by atoms with Gasteiger partial charge >= 0.3 is 0 Å². The molecule has 1 aromatic carbocycles. The standard InChI is InChI=1S/C16H20F2O2/c1-3-10-20-12-6-4-11(5-7-12)13-8-9-14(19-2)16(18)15(13)17/h3,8-12H,4-7H2,1-2H3. The van der Waals surface area contributed by atoms with Crippen molar-refractivity contribution in [3.8, 4) is 5.75 Å². The molecule has 0 N–H and O–H groups in total. The number of allylic oxidation sites excluding steroid dienone is 1. The van der Waals surface area contributed by atoms with E-state index in [4.69, 9.17) is 9.47 Å². The lowest BCUT2D eigenvalue weighted by molar-refractivity contribution is 0.0988. The molecule has 0 spiro atoms.